The Labute approximate surface area is 150 Å². The molecule has 26 heavy (non-hydrogen) atoms. The summed E-state index contributed by atoms with van der Waals surface area (Å²) in [7, 11) is 0. The summed E-state index contributed by atoms with van der Waals surface area (Å²) in [5.41, 5.74) is 7.54. The second kappa shape index (κ2) is 7.19. The summed E-state index contributed by atoms with van der Waals surface area (Å²) in [5, 5.41) is 2.71. The predicted molar refractivity (Wildman–Crippen MR) is 93.3 cm³/mol. The summed E-state index contributed by atoms with van der Waals surface area (Å²) in [6, 6.07) is 6.97. The van der Waals surface area contributed by atoms with Crippen molar-refractivity contribution in [3.63, 3.8) is 0 Å². The van der Waals surface area contributed by atoms with Crippen LogP contribution in [0.25, 0.3) is 0 Å². The molecule has 1 aliphatic rings. The number of halogens is 2. The first-order chi connectivity index (χ1) is 12.4. The number of benzene rings is 2. The van der Waals surface area contributed by atoms with Crippen molar-refractivity contribution in [1.29, 1.82) is 0 Å². The second-order valence-electron chi connectivity index (χ2n) is 6.29. The number of nitrogens with two attached hydrogens (primary N) is 1. The molecule has 0 spiro atoms. The van der Waals surface area contributed by atoms with E-state index >= 15 is 0 Å². The van der Waals surface area contributed by atoms with E-state index in [1.165, 1.54) is 12.1 Å². The van der Waals surface area contributed by atoms with Crippen molar-refractivity contribution in [2.75, 3.05) is 12.3 Å². The van der Waals surface area contributed by atoms with Crippen LogP contribution in [-0.4, -0.2) is 18.6 Å². The Bertz CT molecular complexity index is 842. The van der Waals surface area contributed by atoms with Crippen molar-refractivity contribution in [1.82, 2.24) is 5.32 Å². The van der Waals surface area contributed by atoms with Crippen molar-refractivity contribution in [3.05, 3.63) is 52.8 Å². The standard InChI is InChI=1S/C19H20F2N2O3/c1-10-5-13(14(21)7-15(10)22)11(2)23-19(24)18-9-25-16-4-3-12(8-20)6-17(16)26-18/h3-7,11,18H,8-9,22H2,1-2H3,(H,23,24)/t11-,18?/m1/s1. The van der Waals surface area contributed by atoms with Crippen LogP contribution in [0.2, 0.25) is 0 Å². The number of ether oxygens (including phenoxy) is 2. The average molecular weight is 362 g/mol. The Kier molecular flexibility index (Phi) is 4.97. The van der Waals surface area contributed by atoms with Crippen molar-refractivity contribution in [2.24, 2.45) is 0 Å². The summed E-state index contributed by atoms with van der Waals surface area (Å²) < 4.78 is 38.1. The number of nitrogens with one attached hydrogen (secondary N) is 1. The molecular weight excluding hydrogens is 342 g/mol. The molecule has 0 fully saturated rings. The number of hydrogen-bond donors (Lipinski definition) is 2. The molecule has 0 bridgehead atoms. The maximum absolute atomic E-state index is 14.1. The van der Waals surface area contributed by atoms with Gasteiger partial charge in [-0.25, -0.2) is 8.78 Å². The van der Waals surface area contributed by atoms with Crippen LogP contribution < -0.4 is 20.5 Å². The monoisotopic (exact) mass is 362 g/mol. The summed E-state index contributed by atoms with van der Waals surface area (Å²) in [6.07, 6.45) is -0.905. The Morgan fingerprint density at radius 3 is 2.85 bits per heavy atom. The number of hydrogen-bond acceptors (Lipinski definition) is 4. The fourth-order valence-electron chi connectivity index (χ4n) is 2.76. The van der Waals surface area contributed by atoms with Crippen molar-refractivity contribution in [2.45, 2.75) is 32.7 Å². The summed E-state index contributed by atoms with van der Waals surface area (Å²) in [5.74, 6) is -0.157. The minimum absolute atomic E-state index is 0.0176. The van der Waals surface area contributed by atoms with E-state index in [9.17, 15) is 13.6 Å². The molecule has 3 N–H and O–H groups in total. The number of aryl methyl sites for hydroxylation is 1. The number of rotatable bonds is 4. The SMILES string of the molecule is Cc1cc([C@@H](C)NC(=O)C2COc3ccc(CF)cc3O2)c(F)cc1N. The highest BCUT2D eigenvalue weighted by molar-refractivity contribution is 5.82. The molecule has 1 heterocycles. The Hall–Kier alpha value is -2.83. The van der Waals surface area contributed by atoms with Crippen LogP contribution >= 0.6 is 0 Å². The Morgan fingerprint density at radius 2 is 2.12 bits per heavy atom. The van der Waals surface area contributed by atoms with E-state index in [2.05, 4.69) is 5.32 Å². The second-order valence-corrected chi connectivity index (χ2v) is 6.29. The molecule has 5 nitrogen and oxygen atoms in total. The normalized spacial score (nSPS) is 16.8. The van der Waals surface area contributed by atoms with Crippen molar-refractivity contribution >= 4 is 11.6 Å². The zero-order valence-electron chi connectivity index (χ0n) is 14.5. The third-order valence-electron chi connectivity index (χ3n) is 4.32. The van der Waals surface area contributed by atoms with Gasteiger partial charge in [-0.2, -0.15) is 0 Å². The van der Waals surface area contributed by atoms with Crippen molar-refractivity contribution < 1.29 is 23.0 Å². The van der Waals surface area contributed by atoms with Crippen LogP contribution in [-0.2, 0) is 11.5 Å². The maximum Gasteiger partial charge on any atom is 0.265 e. The van der Waals surface area contributed by atoms with E-state index in [4.69, 9.17) is 15.2 Å². The number of fused-ring (bicyclic) bond motifs is 1. The average Bonchev–Trinajstić information content (AvgIpc) is 2.63. The summed E-state index contributed by atoms with van der Waals surface area (Å²) in [6.45, 7) is 2.82. The van der Waals surface area contributed by atoms with Gasteiger partial charge in [0.2, 0.25) is 6.10 Å². The zero-order valence-corrected chi connectivity index (χ0v) is 14.5. The third kappa shape index (κ3) is 3.56. The minimum atomic E-state index is -0.905. The largest absolute Gasteiger partial charge is 0.485 e. The lowest BCUT2D eigenvalue weighted by Crippen LogP contribution is -2.44. The quantitative estimate of drug-likeness (QED) is 0.819. The molecule has 0 aromatic heterocycles. The fourth-order valence-corrected chi connectivity index (χ4v) is 2.76. The summed E-state index contributed by atoms with van der Waals surface area (Å²) >= 11 is 0. The highest BCUT2D eigenvalue weighted by Crippen LogP contribution is 2.33. The lowest BCUT2D eigenvalue weighted by molar-refractivity contribution is -0.131. The number of anilines is 1. The molecule has 138 valence electrons. The van der Waals surface area contributed by atoms with E-state index in [0.29, 0.717) is 28.3 Å². The topological polar surface area (TPSA) is 73.6 Å². The molecule has 1 amide bonds. The molecule has 0 saturated carbocycles. The van der Waals surface area contributed by atoms with Crippen molar-refractivity contribution in [3.8, 4) is 11.5 Å². The Balaban J connectivity index is 1.71. The zero-order chi connectivity index (χ0) is 18.8. The minimum Gasteiger partial charge on any atom is -0.485 e. The van der Waals surface area contributed by atoms with Crippen LogP contribution in [0, 0.1) is 12.7 Å². The van der Waals surface area contributed by atoms with Gasteiger partial charge in [-0.3, -0.25) is 4.79 Å². The van der Waals surface area contributed by atoms with Crippen LogP contribution in [0.4, 0.5) is 14.5 Å². The van der Waals surface area contributed by atoms with Gasteiger partial charge in [-0.05, 0) is 49.2 Å². The molecule has 2 aromatic rings. The lowest BCUT2D eigenvalue weighted by atomic mass is 10.0. The number of amides is 1. The van der Waals surface area contributed by atoms with Gasteiger partial charge in [-0.15, -0.1) is 0 Å². The molecule has 3 rings (SSSR count). The first-order valence-electron chi connectivity index (χ1n) is 8.23. The first-order valence-corrected chi connectivity index (χ1v) is 8.23. The first kappa shape index (κ1) is 18.0. The third-order valence-corrected chi connectivity index (χ3v) is 4.32. The predicted octanol–water partition coefficient (Wildman–Crippen LogP) is 3.20. The summed E-state index contributed by atoms with van der Waals surface area (Å²) in [4.78, 5) is 12.5. The lowest BCUT2D eigenvalue weighted by Gasteiger charge is -2.27. The molecule has 0 radical (unpaired) electrons. The number of alkyl halides is 1. The molecule has 1 unspecified atom stereocenters. The highest BCUT2D eigenvalue weighted by Gasteiger charge is 2.29. The van der Waals surface area contributed by atoms with Crippen LogP contribution in [0.3, 0.4) is 0 Å². The van der Waals surface area contributed by atoms with Gasteiger partial charge >= 0.3 is 0 Å². The molecule has 2 atom stereocenters. The van der Waals surface area contributed by atoms with Crippen LogP contribution in [0.1, 0.15) is 29.7 Å². The van der Waals surface area contributed by atoms with Gasteiger partial charge in [0, 0.05) is 11.3 Å². The molecule has 1 aliphatic heterocycles. The van der Waals surface area contributed by atoms with Gasteiger partial charge in [0.25, 0.3) is 5.91 Å². The molecule has 0 saturated heterocycles. The van der Waals surface area contributed by atoms with Crippen LogP contribution in [0.15, 0.2) is 30.3 Å². The van der Waals surface area contributed by atoms with E-state index in [1.807, 2.05) is 0 Å². The molecule has 2 aromatic carbocycles. The number of carbonyl (C=O) groups excluding carboxylic acids is 1. The van der Waals surface area contributed by atoms with E-state index in [-0.39, 0.29) is 6.61 Å². The number of nitrogen functional groups attached to an aromatic ring is 1. The van der Waals surface area contributed by atoms with Gasteiger partial charge < -0.3 is 20.5 Å². The smallest absolute Gasteiger partial charge is 0.265 e. The molecule has 0 aliphatic carbocycles. The van der Waals surface area contributed by atoms with Crippen LogP contribution in [0.5, 0.6) is 11.5 Å². The fraction of sp³-hybridized carbons (Fsp3) is 0.316. The van der Waals surface area contributed by atoms with Gasteiger partial charge in [0.1, 0.15) is 19.1 Å². The van der Waals surface area contributed by atoms with E-state index < -0.39 is 30.5 Å². The van der Waals surface area contributed by atoms with Gasteiger partial charge in [-0.1, -0.05) is 6.07 Å². The van der Waals surface area contributed by atoms with Gasteiger partial charge in [0.05, 0.1) is 6.04 Å². The Morgan fingerprint density at radius 1 is 1.35 bits per heavy atom. The molecular formula is C19H20F2N2O3. The van der Waals surface area contributed by atoms with Gasteiger partial charge in [0.15, 0.2) is 11.5 Å². The number of carbonyl (C=O) groups is 1. The van der Waals surface area contributed by atoms with E-state index in [1.54, 1.807) is 32.0 Å². The highest BCUT2D eigenvalue weighted by atomic mass is 19.1. The maximum atomic E-state index is 14.1. The molecule has 7 heteroatoms. The van der Waals surface area contributed by atoms with E-state index in [0.717, 1.165) is 5.56 Å².